The van der Waals surface area contributed by atoms with E-state index in [-0.39, 0.29) is 17.7 Å². The third kappa shape index (κ3) is 3.80. The van der Waals surface area contributed by atoms with Crippen LogP contribution in [0.2, 0.25) is 5.02 Å². The van der Waals surface area contributed by atoms with Gasteiger partial charge in [-0.05, 0) is 48.7 Å². The number of hydrogen-bond acceptors (Lipinski definition) is 3. The molecule has 0 bridgehead atoms. The van der Waals surface area contributed by atoms with Crippen LogP contribution in [0.15, 0.2) is 36.4 Å². The average Bonchev–Trinajstić information content (AvgIpc) is 2.83. The Bertz CT molecular complexity index is 940. The summed E-state index contributed by atoms with van der Waals surface area (Å²) in [7, 11) is 0. The fourth-order valence-corrected chi connectivity index (χ4v) is 3.10. The third-order valence-corrected chi connectivity index (χ3v) is 4.70. The number of amides is 4. The molecule has 0 aromatic heterocycles. The molecule has 1 aliphatic heterocycles. The number of nitrogens with one attached hydrogen (secondary N) is 2. The summed E-state index contributed by atoms with van der Waals surface area (Å²) >= 11 is 6.05. The van der Waals surface area contributed by atoms with Crippen LogP contribution in [0.4, 0.5) is 16.2 Å². The van der Waals surface area contributed by atoms with Crippen LogP contribution >= 0.6 is 11.6 Å². The lowest BCUT2D eigenvalue weighted by Gasteiger charge is -2.15. The van der Waals surface area contributed by atoms with Crippen LogP contribution in [0.25, 0.3) is 0 Å². The van der Waals surface area contributed by atoms with Crippen molar-refractivity contribution in [3.05, 3.63) is 58.1 Å². The third-order valence-electron chi connectivity index (χ3n) is 4.29. The molecule has 0 saturated carbocycles. The van der Waals surface area contributed by atoms with Crippen molar-refractivity contribution in [1.29, 1.82) is 0 Å². The number of carbonyl (C=O) groups excluding carboxylic acids is 3. The average molecular weight is 386 g/mol. The van der Waals surface area contributed by atoms with Crippen LogP contribution in [0.1, 0.15) is 40.1 Å². The van der Waals surface area contributed by atoms with Gasteiger partial charge in [0.15, 0.2) is 0 Å². The lowest BCUT2D eigenvalue weighted by Crippen LogP contribution is -2.33. The maximum atomic E-state index is 12.5. The van der Waals surface area contributed by atoms with E-state index in [9.17, 15) is 14.4 Å². The smallest absolute Gasteiger partial charge is 0.308 e. The number of carbonyl (C=O) groups is 3. The van der Waals surface area contributed by atoms with E-state index in [1.54, 1.807) is 37.3 Å². The van der Waals surface area contributed by atoms with E-state index in [0.29, 0.717) is 34.1 Å². The van der Waals surface area contributed by atoms with Gasteiger partial charge in [0.05, 0.1) is 11.1 Å². The summed E-state index contributed by atoms with van der Waals surface area (Å²) < 4.78 is 0. The first-order chi connectivity index (χ1) is 12.8. The van der Waals surface area contributed by atoms with E-state index >= 15 is 0 Å². The standard InChI is InChI=1S/C20H20ClN3O3/c1-11(2)10-24-18(25)14-8-7-13(9-15(14)19(24)26)22-20(27)23-17-6-4-5-16(21)12(17)3/h4-9,11H,10H2,1-3H3,(H2,22,23,27). The molecule has 0 aliphatic carbocycles. The first kappa shape index (κ1) is 18.9. The van der Waals surface area contributed by atoms with E-state index in [0.717, 1.165) is 5.56 Å². The van der Waals surface area contributed by atoms with Gasteiger partial charge in [0, 0.05) is 22.9 Å². The fourth-order valence-electron chi connectivity index (χ4n) is 2.93. The number of rotatable bonds is 4. The molecule has 1 aliphatic rings. The van der Waals surface area contributed by atoms with Crippen molar-refractivity contribution in [1.82, 2.24) is 4.90 Å². The van der Waals surface area contributed by atoms with Crippen molar-refractivity contribution in [3.63, 3.8) is 0 Å². The predicted octanol–water partition coefficient (Wildman–Crippen LogP) is 4.54. The molecule has 0 unspecified atom stereocenters. The lowest BCUT2D eigenvalue weighted by molar-refractivity contribution is 0.0636. The molecule has 6 nitrogen and oxygen atoms in total. The van der Waals surface area contributed by atoms with Gasteiger partial charge in [0.1, 0.15) is 0 Å². The number of fused-ring (bicyclic) bond motifs is 1. The van der Waals surface area contributed by atoms with E-state index < -0.39 is 6.03 Å². The molecule has 0 atom stereocenters. The number of halogens is 1. The SMILES string of the molecule is Cc1c(Cl)cccc1NC(=O)Nc1ccc2c(c1)C(=O)N(CC(C)C)C2=O. The molecule has 2 N–H and O–H groups in total. The van der Waals surface area contributed by atoms with E-state index in [2.05, 4.69) is 10.6 Å². The molecule has 4 amide bonds. The Morgan fingerprint density at radius 3 is 2.48 bits per heavy atom. The number of hydrogen-bond donors (Lipinski definition) is 2. The summed E-state index contributed by atoms with van der Waals surface area (Å²) in [5, 5.41) is 5.96. The molecular formula is C20H20ClN3O3. The maximum absolute atomic E-state index is 12.5. The monoisotopic (exact) mass is 385 g/mol. The molecule has 0 radical (unpaired) electrons. The van der Waals surface area contributed by atoms with E-state index in [1.165, 1.54) is 11.0 Å². The minimum Gasteiger partial charge on any atom is -0.308 e. The Kier molecular flexibility index (Phi) is 5.19. The maximum Gasteiger partial charge on any atom is 0.323 e. The molecule has 0 spiro atoms. The minimum atomic E-state index is -0.462. The summed E-state index contributed by atoms with van der Waals surface area (Å²) in [6.45, 7) is 6.06. The number of anilines is 2. The van der Waals surface area contributed by atoms with Gasteiger partial charge in [-0.1, -0.05) is 31.5 Å². The Morgan fingerprint density at radius 1 is 1.07 bits per heavy atom. The summed E-state index contributed by atoms with van der Waals surface area (Å²) in [5.74, 6) is -0.454. The second-order valence-electron chi connectivity index (χ2n) is 6.87. The van der Waals surface area contributed by atoms with Gasteiger partial charge in [-0.3, -0.25) is 14.5 Å². The van der Waals surface area contributed by atoms with Gasteiger partial charge in [0.2, 0.25) is 0 Å². The second-order valence-corrected chi connectivity index (χ2v) is 7.27. The zero-order valence-electron chi connectivity index (χ0n) is 15.3. The molecule has 7 heteroatoms. The zero-order chi connectivity index (χ0) is 19.7. The molecule has 0 fully saturated rings. The van der Waals surface area contributed by atoms with Crippen LogP contribution in [-0.4, -0.2) is 29.3 Å². The summed E-state index contributed by atoms with van der Waals surface area (Å²) in [5.41, 5.74) is 2.44. The fraction of sp³-hybridized carbons (Fsp3) is 0.250. The van der Waals surface area contributed by atoms with Crippen molar-refractivity contribution >= 4 is 40.8 Å². The number of nitrogens with zero attached hydrogens (tertiary/aromatic N) is 1. The molecule has 2 aromatic carbocycles. The van der Waals surface area contributed by atoms with Crippen molar-refractivity contribution < 1.29 is 14.4 Å². The summed E-state index contributed by atoms with van der Waals surface area (Å²) in [4.78, 5) is 38.4. The molecule has 0 saturated heterocycles. The van der Waals surface area contributed by atoms with E-state index in [4.69, 9.17) is 11.6 Å². The Morgan fingerprint density at radius 2 is 1.78 bits per heavy atom. The molecule has 2 aromatic rings. The molecule has 27 heavy (non-hydrogen) atoms. The highest BCUT2D eigenvalue weighted by Gasteiger charge is 2.35. The van der Waals surface area contributed by atoms with Crippen molar-refractivity contribution in [3.8, 4) is 0 Å². The summed E-state index contributed by atoms with van der Waals surface area (Å²) in [6.07, 6.45) is 0. The second kappa shape index (κ2) is 7.40. The van der Waals surface area contributed by atoms with Gasteiger partial charge in [0.25, 0.3) is 11.8 Å². The number of urea groups is 1. The molecule has 3 rings (SSSR count). The van der Waals surface area contributed by atoms with Crippen LogP contribution < -0.4 is 10.6 Å². The van der Waals surface area contributed by atoms with Crippen LogP contribution in [0.3, 0.4) is 0 Å². The van der Waals surface area contributed by atoms with Gasteiger partial charge < -0.3 is 10.6 Å². The van der Waals surface area contributed by atoms with Crippen LogP contribution in [0.5, 0.6) is 0 Å². The topological polar surface area (TPSA) is 78.5 Å². The summed E-state index contributed by atoms with van der Waals surface area (Å²) in [6, 6.07) is 9.47. The number of benzene rings is 2. The van der Waals surface area contributed by atoms with E-state index in [1.807, 2.05) is 13.8 Å². The van der Waals surface area contributed by atoms with Gasteiger partial charge >= 0.3 is 6.03 Å². The highest BCUT2D eigenvalue weighted by Crippen LogP contribution is 2.27. The van der Waals surface area contributed by atoms with Crippen molar-refractivity contribution in [2.75, 3.05) is 17.2 Å². The largest absolute Gasteiger partial charge is 0.323 e. The highest BCUT2D eigenvalue weighted by molar-refractivity contribution is 6.31. The quantitative estimate of drug-likeness (QED) is 0.758. The van der Waals surface area contributed by atoms with Gasteiger partial charge in [-0.2, -0.15) is 0 Å². The zero-order valence-corrected chi connectivity index (χ0v) is 16.1. The lowest BCUT2D eigenvalue weighted by atomic mass is 10.1. The first-order valence-electron chi connectivity index (χ1n) is 8.61. The highest BCUT2D eigenvalue weighted by atomic mass is 35.5. The Labute approximate surface area is 162 Å². The van der Waals surface area contributed by atoms with Crippen molar-refractivity contribution in [2.24, 2.45) is 5.92 Å². The predicted molar refractivity (Wildman–Crippen MR) is 105 cm³/mol. The number of imide groups is 1. The molecule has 1 heterocycles. The Balaban J connectivity index is 1.76. The molecule has 140 valence electrons. The molecular weight excluding hydrogens is 366 g/mol. The Hall–Kier alpha value is -2.86. The normalized spacial score (nSPS) is 13.1. The first-order valence-corrected chi connectivity index (χ1v) is 8.99. The van der Waals surface area contributed by atoms with Crippen molar-refractivity contribution in [2.45, 2.75) is 20.8 Å². The van der Waals surface area contributed by atoms with Crippen LogP contribution in [0, 0.1) is 12.8 Å². The minimum absolute atomic E-state index is 0.177. The van der Waals surface area contributed by atoms with Gasteiger partial charge in [-0.15, -0.1) is 0 Å². The van der Waals surface area contributed by atoms with Gasteiger partial charge in [-0.25, -0.2) is 4.79 Å². The van der Waals surface area contributed by atoms with Crippen LogP contribution in [-0.2, 0) is 0 Å².